The number of fused-ring (bicyclic) bond motifs is 10. The molecule has 246 valence electrons. The lowest BCUT2D eigenvalue weighted by atomic mass is 9.85. The lowest BCUT2D eigenvalue weighted by molar-refractivity contribution is 0.673. The molecule has 0 amide bonds. The van der Waals surface area contributed by atoms with E-state index >= 15 is 0 Å². The third kappa shape index (κ3) is 4.64. The molecule has 0 aliphatic carbocycles. The summed E-state index contributed by atoms with van der Waals surface area (Å²) in [6.45, 7) is 0. The zero-order valence-corrected chi connectivity index (χ0v) is 28.9. The number of hydrogen-bond acceptors (Lipinski definition) is 1. The van der Waals surface area contributed by atoms with Crippen LogP contribution in [0.5, 0.6) is 0 Å². The Morgan fingerprint density at radius 1 is 0.245 bits per heavy atom. The Hall–Kier alpha value is -6.96. The fourth-order valence-electron chi connectivity index (χ4n) is 8.65. The normalized spacial score (nSPS) is 11.8. The largest absolute Gasteiger partial charge is 0.455 e. The molecular weight excluding hydrogens is 641 g/mol. The summed E-state index contributed by atoms with van der Waals surface area (Å²) < 4.78 is 6.63. The van der Waals surface area contributed by atoms with Gasteiger partial charge in [-0.05, 0) is 100 Å². The van der Waals surface area contributed by atoms with Crippen molar-refractivity contribution in [3.8, 4) is 44.5 Å². The number of hydrogen-bond donors (Lipinski definition) is 0. The molecule has 0 fully saturated rings. The molecule has 1 heteroatoms. The van der Waals surface area contributed by atoms with Gasteiger partial charge in [0.2, 0.25) is 0 Å². The lowest BCUT2D eigenvalue weighted by Crippen LogP contribution is -1.91. The van der Waals surface area contributed by atoms with E-state index in [2.05, 4.69) is 194 Å². The molecule has 53 heavy (non-hydrogen) atoms. The van der Waals surface area contributed by atoms with Crippen molar-refractivity contribution in [1.82, 2.24) is 0 Å². The van der Waals surface area contributed by atoms with Gasteiger partial charge >= 0.3 is 0 Å². The quantitative estimate of drug-likeness (QED) is 0.134. The maximum atomic E-state index is 6.63. The fourth-order valence-corrected chi connectivity index (χ4v) is 8.65. The average molecular weight is 673 g/mol. The van der Waals surface area contributed by atoms with Gasteiger partial charge in [0.05, 0.1) is 0 Å². The summed E-state index contributed by atoms with van der Waals surface area (Å²) in [6, 6.07) is 70.4. The van der Waals surface area contributed by atoms with Crippen LogP contribution in [0, 0.1) is 0 Å². The van der Waals surface area contributed by atoms with Crippen LogP contribution in [0.1, 0.15) is 0 Å². The Kier molecular flexibility index (Phi) is 6.62. The van der Waals surface area contributed by atoms with Crippen molar-refractivity contribution in [2.75, 3.05) is 0 Å². The van der Waals surface area contributed by atoms with Crippen molar-refractivity contribution < 1.29 is 4.42 Å². The second-order valence-corrected chi connectivity index (χ2v) is 14.0. The standard InChI is InChI=1S/C52H32O/c1-2-13-33(14-3-1)34-25-27-35(28-26-34)49-42-20-7-9-22-44(42)50(45-23-10-8-21-43(45)49)38-16-12-15-36(31-38)37-29-30-48-47(32-37)51-41-19-6-4-17-39(41)40-18-5-11-24-46(40)52(51)53-48/h1-32H. The minimum atomic E-state index is 0.908. The number of furan rings is 1. The molecule has 0 saturated carbocycles. The van der Waals surface area contributed by atoms with Crippen molar-refractivity contribution in [3.63, 3.8) is 0 Å². The van der Waals surface area contributed by atoms with E-state index in [4.69, 9.17) is 4.42 Å². The van der Waals surface area contributed by atoms with E-state index in [0.29, 0.717) is 0 Å². The first-order valence-electron chi connectivity index (χ1n) is 18.3. The van der Waals surface area contributed by atoms with Gasteiger partial charge < -0.3 is 4.42 Å². The van der Waals surface area contributed by atoms with E-state index in [-0.39, 0.29) is 0 Å². The van der Waals surface area contributed by atoms with Gasteiger partial charge in [-0.3, -0.25) is 0 Å². The van der Waals surface area contributed by atoms with Crippen molar-refractivity contribution in [3.05, 3.63) is 194 Å². The van der Waals surface area contributed by atoms with Gasteiger partial charge in [0.15, 0.2) is 0 Å². The van der Waals surface area contributed by atoms with E-state index in [0.717, 1.165) is 21.9 Å². The van der Waals surface area contributed by atoms with Crippen molar-refractivity contribution in [2.24, 2.45) is 0 Å². The van der Waals surface area contributed by atoms with E-state index in [9.17, 15) is 0 Å². The van der Waals surface area contributed by atoms with Crippen LogP contribution < -0.4 is 0 Å². The van der Waals surface area contributed by atoms with E-state index < -0.39 is 0 Å². The molecule has 0 radical (unpaired) electrons. The van der Waals surface area contributed by atoms with Crippen LogP contribution in [0.3, 0.4) is 0 Å². The summed E-state index contributed by atoms with van der Waals surface area (Å²) in [4.78, 5) is 0. The predicted octanol–water partition coefficient (Wildman–Crippen LogP) is 14.9. The van der Waals surface area contributed by atoms with Crippen molar-refractivity contribution in [2.45, 2.75) is 0 Å². The third-order valence-corrected chi connectivity index (χ3v) is 11.0. The Morgan fingerprint density at radius 2 is 0.679 bits per heavy atom. The van der Waals surface area contributed by atoms with E-state index in [1.807, 2.05) is 0 Å². The van der Waals surface area contributed by atoms with Gasteiger partial charge in [-0.1, -0.05) is 176 Å². The van der Waals surface area contributed by atoms with E-state index in [1.165, 1.54) is 87.6 Å². The van der Waals surface area contributed by atoms with Crippen LogP contribution in [0.2, 0.25) is 0 Å². The first-order valence-corrected chi connectivity index (χ1v) is 18.3. The topological polar surface area (TPSA) is 13.1 Å². The SMILES string of the molecule is c1ccc(-c2ccc(-c3c4ccccc4c(-c4cccc(-c5ccc6oc7c8ccccc8c8ccccc8c7c6c5)c4)c4ccccc34)cc2)cc1. The highest BCUT2D eigenvalue weighted by molar-refractivity contribution is 6.30. The molecule has 0 N–H and O–H groups in total. The van der Waals surface area contributed by atoms with Crippen LogP contribution in [-0.2, 0) is 0 Å². The van der Waals surface area contributed by atoms with Gasteiger partial charge in [0, 0.05) is 16.2 Å². The molecule has 11 aromatic rings. The molecule has 0 unspecified atom stereocenters. The number of benzene rings is 10. The van der Waals surface area contributed by atoms with Crippen LogP contribution in [0.15, 0.2) is 199 Å². The monoisotopic (exact) mass is 672 g/mol. The minimum Gasteiger partial charge on any atom is -0.455 e. The van der Waals surface area contributed by atoms with Gasteiger partial charge in [0.25, 0.3) is 0 Å². The molecular formula is C52H32O. The summed E-state index contributed by atoms with van der Waals surface area (Å²) in [7, 11) is 0. The Bertz CT molecular complexity index is 3150. The molecule has 0 atom stereocenters. The summed E-state index contributed by atoms with van der Waals surface area (Å²) in [5.74, 6) is 0. The molecule has 0 spiro atoms. The minimum absolute atomic E-state index is 0.908. The van der Waals surface area contributed by atoms with Crippen molar-refractivity contribution in [1.29, 1.82) is 0 Å². The van der Waals surface area contributed by atoms with E-state index in [1.54, 1.807) is 0 Å². The van der Waals surface area contributed by atoms with Gasteiger partial charge in [-0.2, -0.15) is 0 Å². The molecule has 10 aromatic carbocycles. The molecule has 1 nitrogen and oxygen atoms in total. The highest BCUT2D eigenvalue weighted by Crippen LogP contribution is 2.46. The predicted molar refractivity (Wildman–Crippen MR) is 225 cm³/mol. The second kappa shape index (κ2) is 11.8. The van der Waals surface area contributed by atoms with Crippen LogP contribution >= 0.6 is 0 Å². The van der Waals surface area contributed by atoms with Crippen LogP contribution in [0.4, 0.5) is 0 Å². The highest BCUT2D eigenvalue weighted by atomic mass is 16.3. The zero-order valence-electron chi connectivity index (χ0n) is 28.9. The lowest BCUT2D eigenvalue weighted by Gasteiger charge is -2.18. The molecule has 0 aliphatic heterocycles. The molecule has 0 bridgehead atoms. The first-order chi connectivity index (χ1) is 26.3. The summed E-state index contributed by atoms with van der Waals surface area (Å²) in [5.41, 5.74) is 11.6. The van der Waals surface area contributed by atoms with Gasteiger partial charge in [-0.15, -0.1) is 0 Å². The maximum absolute atomic E-state index is 6.63. The molecule has 1 heterocycles. The Morgan fingerprint density at radius 3 is 1.34 bits per heavy atom. The molecule has 11 rings (SSSR count). The Balaban J connectivity index is 1.10. The molecule has 1 aromatic heterocycles. The second-order valence-electron chi connectivity index (χ2n) is 14.0. The zero-order chi connectivity index (χ0) is 34.9. The molecule has 0 saturated heterocycles. The summed E-state index contributed by atoms with van der Waals surface area (Å²) >= 11 is 0. The Labute approximate surface area is 307 Å². The van der Waals surface area contributed by atoms with Gasteiger partial charge in [-0.25, -0.2) is 0 Å². The first kappa shape index (κ1) is 29.7. The van der Waals surface area contributed by atoms with Crippen LogP contribution in [-0.4, -0.2) is 0 Å². The fraction of sp³-hybridized carbons (Fsp3) is 0. The molecule has 0 aliphatic rings. The maximum Gasteiger partial charge on any atom is 0.143 e. The average Bonchev–Trinajstić information content (AvgIpc) is 3.63. The number of rotatable bonds is 4. The summed E-state index contributed by atoms with van der Waals surface area (Å²) in [5, 5.41) is 12.2. The smallest absolute Gasteiger partial charge is 0.143 e. The highest BCUT2D eigenvalue weighted by Gasteiger charge is 2.19. The van der Waals surface area contributed by atoms with Gasteiger partial charge in [0.1, 0.15) is 11.2 Å². The van der Waals surface area contributed by atoms with Crippen LogP contribution in [0.25, 0.3) is 110 Å². The summed E-state index contributed by atoms with van der Waals surface area (Å²) in [6.07, 6.45) is 0. The third-order valence-electron chi connectivity index (χ3n) is 11.0. The van der Waals surface area contributed by atoms with Crippen molar-refractivity contribution >= 4 is 65.0 Å².